The Kier molecular flexibility index (Phi) is 4.39. The molecule has 0 heterocycles. The van der Waals surface area contributed by atoms with Gasteiger partial charge in [-0.3, -0.25) is 9.59 Å². The second kappa shape index (κ2) is 5.79. The standard InChI is InChI=1S/C12H12O5/c1-16-11(14)7-10(13)8-5-3-4-6-9(8)12(15)17-2/h3-6H,7H2,1-2H3. The summed E-state index contributed by atoms with van der Waals surface area (Å²) >= 11 is 0. The molecule has 1 aromatic carbocycles. The maximum Gasteiger partial charge on any atom is 0.338 e. The number of hydrogen-bond donors (Lipinski definition) is 0. The predicted molar refractivity (Wildman–Crippen MR) is 58.7 cm³/mol. The molecule has 0 fully saturated rings. The molecule has 0 saturated carbocycles. The molecule has 17 heavy (non-hydrogen) atoms. The molecule has 0 bridgehead atoms. The van der Waals surface area contributed by atoms with E-state index in [-0.39, 0.29) is 11.1 Å². The second-order valence-electron chi connectivity index (χ2n) is 3.21. The molecule has 5 heteroatoms. The zero-order chi connectivity index (χ0) is 12.8. The van der Waals surface area contributed by atoms with Gasteiger partial charge in [0.2, 0.25) is 0 Å². The van der Waals surface area contributed by atoms with Gasteiger partial charge in [-0.15, -0.1) is 0 Å². The summed E-state index contributed by atoms with van der Waals surface area (Å²) in [7, 11) is 2.42. The summed E-state index contributed by atoms with van der Waals surface area (Å²) in [4.78, 5) is 34.1. The lowest BCUT2D eigenvalue weighted by molar-refractivity contribution is -0.139. The maximum atomic E-state index is 11.7. The van der Waals surface area contributed by atoms with Crippen LogP contribution in [0.1, 0.15) is 27.1 Å². The number of Topliss-reactive ketones (excluding diaryl/α,β-unsaturated/α-hetero) is 1. The highest BCUT2D eigenvalue weighted by molar-refractivity contribution is 6.11. The summed E-state index contributed by atoms with van der Waals surface area (Å²) in [6, 6.07) is 6.16. The highest BCUT2D eigenvalue weighted by Crippen LogP contribution is 2.12. The smallest absolute Gasteiger partial charge is 0.338 e. The van der Waals surface area contributed by atoms with Crippen LogP contribution < -0.4 is 0 Å². The van der Waals surface area contributed by atoms with Crippen LogP contribution in [0.4, 0.5) is 0 Å². The lowest BCUT2D eigenvalue weighted by Crippen LogP contribution is -2.14. The minimum absolute atomic E-state index is 0.143. The minimum atomic E-state index is -0.644. The third kappa shape index (κ3) is 3.14. The first-order valence-corrected chi connectivity index (χ1v) is 4.87. The van der Waals surface area contributed by atoms with E-state index in [1.807, 2.05) is 0 Å². The largest absolute Gasteiger partial charge is 0.469 e. The number of hydrogen-bond acceptors (Lipinski definition) is 5. The van der Waals surface area contributed by atoms with Crippen LogP contribution in [0.2, 0.25) is 0 Å². The molecule has 1 aromatic rings. The van der Waals surface area contributed by atoms with Gasteiger partial charge in [0.05, 0.1) is 19.8 Å². The topological polar surface area (TPSA) is 69.7 Å². The van der Waals surface area contributed by atoms with Crippen molar-refractivity contribution in [2.45, 2.75) is 6.42 Å². The predicted octanol–water partition coefficient (Wildman–Crippen LogP) is 1.22. The minimum Gasteiger partial charge on any atom is -0.469 e. The molecule has 0 amide bonds. The van der Waals surface area contributed by atoms with Gasteiger partial charge in [-0.2, -0.15) is 0 Å². The Hall–Kier alpha value is -2.17. The first-order valence-electron chi connectivity index (χ1n) is 4.87. The van der Waals surface area contributed by atoms with Crippen molar-refractivity contribution in [3.8, 4) is 0 Å². The molecule has 90 valence electrons. The molecular weight excluding hydrogens is 224 g/mol. The average molecular weight is 236 g/mol. The Morgan fingerprint density at radius 3 is 2.12 bits per heavy atom. The summed E-state index contributed by atoms with van der Waals surface area (Å²) in [6.07, 6.45) is -0.398. The number of carbonyl (C=O) groups excluding carboxylic acids is 3. The monoisotopic (exact) mass is 236 g/mol. The van der Waals surface area contributed by atoms with Crippen LogP contribution in [0.3, 0.4) is 0 Å². The Balaban J connectivity index is 3.01. The van der Waals surface area contributed by atoms with Crippen molar-refractivity contribution in [1.82, 2.24) is 0 Å². The zero-order valence-corrected chi connectivity index (χ0v) is 9.56. The number of methoxy groups -OCH3 is 2. The maximum absolute atomic E-state index is 11.7. The van der Waals surface area contributed by atoms with E-state index in [4.69, 9.17) is 0 Å². The van der Waals surface area contributed by atoms with Gasteiger partial charge < -0.3 is 9.47 Å². The molecule has 0 unspecified atom stereocenters. The molecule has 0 radical (unpaired) electrons. The van der Waals surface area contributed by atoms with Gasteiger partial charge in [-0.1, -0.05) is 18.2 Å². The van der Waals surface area contributed by atoms with Crippen LogP contribution in [-0.4, -0.2) is 31.9 Å². The van der Waals surface area contributed by atoms with E-state index in [0.29, 0.717) is 0 Å². The lowest BCUT2D eigenvalue weighted by atomic mass is 10.0. The van der Waals surface area contributed by atoms with Gasteiger partial charge in [0, 0.05) is 5.56 Å². The second-order valence-corrected chi connectivity index (χ2v) is 3.21. The summed E-state index contributed by atoms with van der Waals surface area (Å²) in [6.45, 7) is 0. The van der Waals surface area contributed by atoms with E-state index in [9.17, 15) is 14.4 Å². The molecule has 0 atom stereocenters. The van der Waals surface area contributed by atoms with Crippen LogP contribution in [0.15, 0.2) is 24.3 Å². The Morgan fingerprint density at radius 2 is 1.59 bits per heavy atom. The molecule has 0 aliphatic rings. The number of ketones is 1. The third-order valence-electron chi connectivity index (χ3n) is 2.17. The van der Waals surface area contributed by atoms with Crippen LogP contribution >= 0.6 is 0 Å². The summed E-state index contributed by atoms with van der Waals surface area (Å²) < 4.78 is 8.94. The van der Waals surface area contributed by atoms with E-state index in [1.54, 1.807) is 12.1 Å². The highest BCUT2D eigenvalue weighted by atomic mass is 16.5. The molecule has 0 aromatic heterocycles. The van der Waals surface area contributed by atoms with Crippen molar-refractivity contribution in [3.63, 3.8) is 0 Å². The molecular formula is C12H12O5. The van der Waals surface area contributed by atoms with Crippen LogP contribution in [0.5, 0.6) is 0 Å². The van der Waals surface area contributed by atoms with E-state index >= 15 is 0 Å². The fraction of sp³-hybridized carbons (Fsp3) is 0.250. The number of rotatable bonds is 4. The van der Waals surface area contributed by atoms with Crippen LogP contribution in [0, 0.1) is 0 Å². The zero-order valence-electron chi connectivity index (χ0n) is 9.56. The van der Waals surface area contributed by atoms with Crippen molar-refractivity contribution < 1.29 is 23.9 Å². The molecule has 1 rings (SSSR count). The SMILES string of the molecule is COC(=O)CC(=O)c1ccccc1C(=O)OC. The Morgan fingerprint density at radius 1 is 1.00 bits per heavy atom. The van der Waals surface area contributed by atoms with Crippen LogP contribution in [-0.2, 0) is 14.3 Å². The third-order valence-corrected chi connectivity index (χ3v) is 2.17. The van der Waals surface area contributed by atoms with Crippen molar-refractivity contribution in [2.24, 2.45) is 0 Å². The molecule has 0 N–H and O–H groups in total. The average Bonchev–Trinajstić information content (AvgIpc) is 2.37. The van der Waals surface area contributed by atoms with Gasteiger partial charge >= 0.3 is 11.9 Å². The van der Waals surface area contributed by atoms with Crippen molar-refractivity contribution in [2.75, 3.05) is 14.2 Å². The molecule has 0 aliphatic carbocycles. The lowest BCUT2D eigenvalue weighted by Gasteiger charge is -2.05. The summed E-state index contributed by atoms with van der Waals surface area (Å²) in [5.41, 5.74) is 0.300. The van der Waals surface area contributed by atoms with E-state index in [1.165, 1.54) is 26.4 Å². The van der Waals surface area contributed by atoms with E-state index < -0.39 is 24.1 Å². The quantitative estimate of drug-likeness (QED) is 0.446. The first-order chi connectivity index (χ1) is 8.10. The summed E-state index contributed by atoms with van der Waals surface area (Å²) in [5.74, 6) is -1.73. The fourth-order valence-electron chi connectivity index (χ4n) is 1.31. The van der Waals surface area contributed by atoms with Gasteiger partial charge in [-0.25, -0.2) is 4.79 Å². The molecule has 5 nitrogen and oxygen atoms in total. The van der Waals surface area contributed by atoms with Crippen molar-refractivity contribution >= 4 is 17.7 Å². The van der Waals surface area contributed by atoms with Gasteiger partial charge in [0.15, 0.2) is 5.78 Å². The number of ether oxygens (including phenoxy) is 2. The number of benzene rings is 1. The summed E-state index contributed by atoms with van der Waals surface area (Å²) in [5, 5.41) is 0. The molecule has 0 aliphatic heterocycles. The van der Waals surface area contributed by atoms with Gasteiger partial charge in [0.25, 0.3) is 0 Å². The Bertz CT molecular complexity index is 450. The van der Waals surface area contributed by atoms with E-state index in [2.05, 4.69) is 9.47 Å². The van der Waals surface area contributed by atoms with Crippen molar-refractivity contribution in [1.29, 1.82) is 0 Å². The first kappa shape index (κ1) is 12.9. The fourth-order valence-corrected chi connectivity index (χ4v) is 1.31. The normalized spacial score (nSPS) is 9.53. The number of carbonyl (C=O) groups is 3. The highest BCUT2D eigenvalue weighted by Gasteiger charge is 2.19. The van der Waals surface area contributed by atoms with E-state index in [0.717, 1.165) is 0 Å². The number of esters is 2. The van der Waals surface area contributed by atoms with Crippen LogP contribution in [0.25, 0.3) is 0 Å². The Labute approximate surface area is 98.3 Å². The molecule has 0 spiro atoms. The van der Waals surface area contributed by atoms with Gasteiger partial charge in [-0.05, 0) is 6.07 Å². The van der Waals surface area contributed by atoms with Crippen molar-refractivity contribution in [3.05, 3.63) is 35.4 Å². The van der Waals surface area contributed by atoms with Gasteiger partial charge in [0.1, 0.15) is 6.42 Å². The molecule has 0 saturated heterocycles.